The third kappa shape index (κ3) is 3.50. The number of aromatic nitrogens is 2. The Hall–Kier alpha value is -2.25. The summed E-state index contributed by atoms with van der Waals surface area (Å²) in [4.78, 5) is 16.0. The second-order valence-electron chi connectivity index (χ2n) is 7.01. The zero-order chi connectivity index (χ0) is 18.8. The van der Waals surface area contributed by atoms with Crippen LogP contribution in [-0.4, -0.2) is 52.9 Å². The molecule has 0 radical (unpaired) electrons. The van der Waals surface area contributed by atoms with Gasteiger partial charge in [0.1, 0.15) is 6.04 Å². The number of hydrogen-bond acceptors (Lipinski definition) is 3. The van der Waals surface area contributed by atoms with Gasteiger partial charge in [0.2, 0.25) is 0 Å². The van der Waals surface area contributed by atoms with Gasteiger partial charge in [-0.15, -0.1) is 0 Å². The van der Waals surface area contributed by atoms with E-state index in [1.807, 2.05) is 48.9 Å². The molecule has 0 spiro atoms. The van der Waals surface area contributed by atoms with Gasteiger partial charge < -0.3 is 10.2 Å². The van der Waals surface area contributed by atoms with Gasteiger partial charge in [-0.05, 0) is 38.2 Å². The number of carbonyl (C=O) groups excluding carboxylic acids is 1. The van der Waals surface area contributed by atoms with Crippen LogP contribution in [0.1, 0.15) is 29.4 Å². The van der Waals surface area contributed by atoms with Gasteiger partial charge in [-0.2, -0.15) is 5.10 Å². The fourth-order valence-electron chi connectivity index (χ4n) is 3.41. The Balaban J connectivity index is 1.85. The Morgan fingerprint density at radius 1 is 1.23 bits per heavy atom. The summed E-state index contributed by atoms with van der Waals surface area (Å²) >= 11 is 5.42. The Kier molecular flexibility index (Phi) is 5.38. The van der Waals surface area contributed by atoms with Crippen molar-refractivity contribution in [3.63, 3.8) is 0 Å². The molecule has 1 fully saturated rings. The molecule has 3 rings (SSSR count). The van der Waals surface area contributed by atoms with Crippen molar-refractivity contribution in [2.24, 2.45) is 0 Å². The highest BCUT2D eigenvalue weighted by molar-refractivity contribution is 7.80. The van der Waals surface area contributed by atoms with Crippen LogP contribution in [0.5, 0.6) is 0 Å². The monoisotopic (exact) mass is 372 g/mol. The highest BCUT2D eigenvalue weighted by Crippen LogP contribution is 2.29. The van der Waals surface area contributed by atoms with Gasteiger partial charge in [0.05, 0.1) is 32.0 Å². The molecular formula is C19H26N5OS+. The number of para-hydroxylation sites is 1. The first kappa shape index (κ1) is 18.5. The van der Waals surface area contributed by atoms with E-state index in [-0.39, 0.29) is 5.91 Å². The molecule has 138 valence electrons. The molecule has 0 aliphatic carbocycles. The molecule has 26 heavy (non-hydrogen) atoms. The van der Waals surface area contributed by atoms with Gasteiger partial charge >= 0.3 is 0 Å². The minimum absolute atomic E-state index is 0.0163. The lowest BCUT2D eigenvalue weighted by Crippen LogP contribution is -3.05. The topological polar surface area (TPSA) is 54.6 Å². The molecule has 7 heteroatoms. The van der Waals surface area contributed by atoms with Crippen molar-refractivity contribution in [3.8, 4) is 5.69 Å². The number of rotatable bonds is 6. The Labute approximate surface area is 159 Å². The average Bonchev–Trinajstić information content (AvgIpc) is 3.05. The number of thiocarbonyl (C=S) groups is 1. The van der Waals surface area contributed by atoms with Crippen molar-refractivity contribution >= 4 is 23.2 Å². The first-order valence-electron chi connectivity index (χ1n) is 8.92. The largest absolute Gasteiger partial charge is 0.347 e. The minimum atomic E-state index is -0.452. The van der Waals surface area contributed by atoms with E-state index in [4.69, 9.17) is 12.2 Å². The summed E-state index contributed by atoms with van der Waals surface area (Å²) in [6.07, 6.45) is 0.920. The zero-order valence-electron chi connectivity index (χ0n) is 15.7. The van der Waals surface area contributed by atoms with E-state index < -0.39 is 6.04 Å². The van der Waals surface area contributed by atoms with Crippen LogP contribution >= 0.6 is 12.2 Å². The van der Waals surface area contributed by atoms with Crippen molar-refractivity contribution < 1.29 is 9.69 Å². The van der Waals surface area contributed by atoms with Crippen LogP contribution in [-0.2, 0) is 4.79 Å². The van der Waals surface area contributed by atoms with Crippen molar-refractivity contribution in [1.29, 1.82) is 0 Å². The predicted octanol–water partition coefficient (Wildman–Crippen LogP) is 0.782. The molecule has 2 N–H and O–H groups in total. The van der Waals surface area contributed by atoms with Crippen molar-refractivity contribution in [2.45, 2.75) is 26.3 Å². The van der Waals surface area contributed by atoms with E-state index in [2.05, 4.69) is 24.5 Å². The molecule has 0 saturated carbocycles. The van der Waals surface area contributed by atoms with Crippen LogP contribution < -0.4 is 10.2 Å². The SMILES string of the molecule is Cc1nn(-c2ccccc2)c(C)c1[C@H]1NC(=S)N(CCC[NH+](C)C)C1=O. The molecule has 0 bridgehead atoms. The summed E-state index contributed by atoms with van der Waals surface area (Å²) in [7, 11) is 4.21. The maximum atomic E-state index is 13.0. The van der Waals surface area contributed by atoms with Crippen LogP contribution in [0.4, 0.5) is 0 Å². The van der Waals surface area contributed by atoms with E-state index in [0.717, 1.165) is 35.6 Å². The maximum Gasteiger partial charge on any atom is 0.256 e. The molecule has 1 amide bonds. The summed E-state index contributed by atoms with van der Waals surface area (Å²) in [5.74, 6) is 0.0163. The number of amides is 1. The summed E-state index contributed by atoms with van der Waals surface area (Å²) in [5.41, 5.74) is 3.71. The standard InChI is InChI=1S/C19H25N5OS/c1-13-16(14(2)24(21-13)15-9-6-5-7-10-15)17-18(25)23(19(26)20-17)12-8-11-22(3)4/h5-7,9-10,17H,8,11-12H2,1-4H3,(H,20,26)/p+1/t17-/m1/s1. The lowest BCUT2D eigenvalue weighted by molar-refractivity contribution is -0.858. The highest BCUT2D eigenvalue weighted by Gasteiger charge is 2.39. The molecule has 1 aliphatic heterocycles. The first-order valence-corrected chi connectivity index (χ1v) is 9.33. The average molecular weight is 373 g/mol. The molecule has 1 aromatic heterocycles. The van der Waals surface area contributed by atoms with Crippen LogP contribution in [0.15, 0.2) is 30.3 Å². The molecule has 1 aliphatic rings. The lowest BCUT2D eigenvalue weighted by atomic mass is 10.0. The van der Waals surface area contributed by atoms with E-state index >= 15 is 0 Å². The molecule has 0 unspecified atom stereocenters. The number of carbonyl (C=O) groups is 1. The number of hydrogen-bond donors (Lipinski definition) is 2. The van der Waals surface area contributed by atoms with Crippen molar-refractivity contribution in [2.75, 3.05) is 27.2 Å². The van der Waals surface area contributed by atoms with Crippen LogP contribution in [0.3, 0.4) is 0 Å². The molecule has 6 nitrogen and oxygen atoms in total. The minimum Gasteiger partial charge on any atom is -0.347 e. The maximum absolute atomic E-state index is 13.0. The lowest BCUT2D eigenvalue weighted by Gasteiger charge is -2.15. The van der Waals surface area contributed by atoms with E-state index in [1.165, 1.54) is 4.90 Å². The Morgan fingerprint density at radius 2 is 1.92 bits per heavy atom. The van der Waals surface area contributed by atoms with E-state index in [9.17, 15) is 4.79 Å². The van der Waals surface area contributed by atoms with Gasteiger partial charge in [0, 0.05) is 24.2 Å². The van der Waals surface area contributed by atoms with Gasteiger partial charge in [-0.1, -0.05) is 18.2 Å². The van der Waals surface area contributed by atoms with Crippen LogP contribution in [0, 0.1) is 13.8 Å². The van der Waals surface area contributed by atoms with Gasteiger partial charge in [-0.25, -0.2) is 4.68 Å². The molecule has 2 heterocycles. The quantitative estimate of drug-likeness (QED) is 0.736. The van der Waals surface area contributed by atoms with E-state index in [1.54, 1.807) is 4.90 Å². The normalized spacial score (nSPS) is 17.3. The van der Waals surface area contributed by atoms with Crippen molar-refractivity contribution in [3.05, 3.63) is 47.3 Å². The fraction of sp³-hybridized carbons (Fsp3) is 0.421. The van der Waals surface area contributed by atoms with Crippen LogP contribution in [0.25, 0.3) is 5.69 Å². The number of nitrogens with one attached hydrogen (secondary N) is 2. The highest BCUT2D eigenvalue weighted by atomic mass is 32.1. The predicted molar refractivity (Wildman–Crippen MR) is 106 cm³/mol. The number of benzene rings is 1. The van der Waals surface area contributed by atoms with Crippen LogP contribution in [0.2, 0.25) is 0 Å². The smallest absolute Gasteiger partial charge is 0.256 e. The molecule has 2 aromatic rings. The summed E-state index contributed by atoms with van der Waals surface area (Å²) in [6.45, 7) is 5.59. The number of quaternary nitrogens is 1. The van der Waals surface area contributed by atoms with Gasteiger partial charge in [0.25, 0.3) is 5.91 Å². The second-order valence-corrected chi connectivity index (χ2v) is 7.40. The number of nitrogens with zero attached hydrogens (tertiary/aromatic N) is 3. The van der Waals surface area contributed by atoms with Gasteiger partial charge in [-0.3, -0.25) is 9.69 Å². The molecular weight excluding hydrogens is 346 g/mol. The van der Waals surface area contributed by atoms with Gasteiger partial charge in [0.15, 0.2) is 5.11 Å². The second kappa shape index (κ2) is 7.55. The third-order valence-corrected chi connectivity index (χ3v) is 5.06. The number of aryl methyl sites for hydroxylation is 1. The first-order chi connectivity index (χ1) is 12.4. The van der Waals surface area contributed by atoms with E-state index in [0.29, 0.717) is 11.7 Å². The summed E-state index contributed by atoms with van der Waals surface area (Å²) < 4.78 is 1.89. The Morgan fingerprint density at radius 3 is 2.58 bits per heavy atom. The summed E-state index contributed by atoms with van der Waals surface area (Å²) in [6, 6.07) is 9.50. The fourth-order valence-corrected chi connectivity index (χ4v) is 3.71. The molecule has 1 saturated heterocycles. The third-order valence-electron chi connectivity index (χ3n) is 4.72. The zero-order valence-corrected chi connectivity index (χ0v) is 16.6. The molecule has 1 aromatic carbocycles. The summed E-state index contributed by atoms with van der Waals surface area (Å²) in [5, 5.41) is 8.37. The Bertz CT molecular complexity index is 815. The van der Waals surface area contributed by atoms with Crippen molar-refractivity contribution in [1.82, 2.24) is 20.0 Å². The molecule has 1 atom stereocenters.